The number of hydrogen-bond donors (Lipinski definition) is 0. The van der Waals surface area contributed by atoms with Crippen LogP contribution in [0.4, 0.5) is 4.39 Å². The van der Waals surface area contributed by atoms with Crippen molar-refractivity contribution in [3.05, 3.63) is 10.6 Å². The van der Waals surface area contributed by atoms with E-state index < -0.39 is 5.08 Å². The van der Waals surface area contributed by atoms with E-state index in [4.69, 9.17) is 0 Å². The average Bonchev–Trinajstić information content (AvgIpc) is 2.03. The first-order chi connectivity index (χ1) is 5.68. The molecule has 3 heteroatoms. The lowest BCUT2D eigenvalue weighted by atomic mass is 10.1. The van der Waals surface area contributed by atoms with E-state index in [1.807, 2.05) is 6.08 Å². The normalized spacial score (nSPS) is 14.8. The van der Waals surface area contributed by atoms with Crippen molar-refractivity contribution in [2.45, 2.75) is 44.1 Å². The van der Waals surface area contributed by atoms with Gasteiger partial charge in [-0.15, -0.1) is 0 Å². The molecule has 0 aromatic carbocycles. The lowest BCUT2D eigenvalue weighted by Gasteiger charge is -1.98. The Kier molecular flexibility index (Phi) is 8.67. The van der Waals surface area contributed by atoms with Crippen molar-refractivity contribution >= 4 is 31.9 Å². The number of alkyl halides is 2. The van der Waals surface area contributed by atoms with E-state index in [1.54, 1.807) is 0 Å². The summed E-state index contributed by atoms with van der Waals surface area (Å²) in [6.07, 6.45) is 7.78. The molecule has 0 spiro atoms. The van der Waals surface area contributed by atoms with Crippen molar-refractivity contribution in [1.29, 1.82) is 0 Å². The van der Waals surface area contributed by atoms with Crippen molar-refractivity contribution in [3.63, 3.8) is 0 Å². The van der Waals surface area contributed by atoms with Gasteiger partial charge in [-0.05, 0) is 28.8 Å². The first-order valence-electron chi connectivity index (χ1n) is 4.32. The molecule has 0 aliphatic rings. The fraction of sp³-hybridized carbons (Fsp3) is 0.778. The Morgan fingerprint density at radius 1 is 1.42 bits per heavy atom. The molecule has 72 valence electrons. The van der Waals surface area contributed by atoms with Gasteiger partial charge in [0.1, 0.15) is 0 Å². The summed E-state index contributed by atoms with van der Waals surface area (Å²) in [6.45, 7) is 2.18. The molecule has 0 nitrogen and oxygen atoms in total. The van der Waals surface area contributed by atoms with Gasteiger partial charge in [0.05, 0.1) is 0 Å². The molecule has 12 heavy (non-hydrogen) atoms. The lowest BCUT2D eigenvalue weighted by molar-refractivity contribution is 0.523. The molecule has 0 N–H and O–H groups in total. The summed E-state index contributed by atoms with van der Waals surface area (Å²) in [5.74, 6) is 0. The maximum atomic E-state index is 12.5. The summed E-state index contributed by atoms with van der Waals surface area (Å²) in [5.41, 5.74) is 0. The van der Waals surface area contributed by atoms with E-state index in [0.29, 0.717) is 4.48 Å². The molecule has 0 rings (SSSR count). The van der Waals surface area contributed by atoms with Crippen molar-refractivity contribution in [1.82, 2.24) is 0 Å². The molecule has 0 aromatic rings. The van der Waals surface area contributed by atoms with Crippen LogP contribution >= 0.6 is 31.9 Å². The minimum absolute atomic E-state index is 0.610. The third-order valence-electron chi connectivity index (χ3n) is 1.61. The van der Waals surface area contributed by atoms with Crippen LogP contribution in [0.15, 0.2) is 10.6 Å². The van der Waals surface area contributed by atoms with Crippen LogP contribution < -0.4 is 0 Å². The molecular formula is C9H15Br2F. The van der Waals surface area contributed by atoms with Gasteiger partial charge in [0.15, 0.2) is 5.08 Å². The van der Waals surface area contributed by atoms with E-state index in [0.717, 1.165) is 12.8 Å². The first kappa shape index (κ1) is 12.6. The van der Waals surface area contributed by atoms with Crippen molar-refractivity contribution in [2.24, 2.45) is 0 Å². The van der Waals surface area contributed by atoms with Crippen molar-refractivity contribution < 1.29 is 4.39 Å². The lowest BCUT2D eigenvalue weighted by Crippen LogP contribution is -1.85. The molecule has 1 atom stereocenters. The highest BCUT2D eigenvalue weighted by molar-refractivity contribution is 9.14. The number of allylic oxidation sites excluding steroid dienone is 2. The third-order valence-corrected chi connectivity index (χ3v) is 3.44. The van der Waals surface area contributed by atoms with Gasteiger partial charge < -0.3 is 0 Å². The highest BCUT2D eigenvalue weighted by Gasteiger charge is 2.02. The van der Waals surface area contributed by atoms with Crippen LogP contribution in [0.25, 0.3) is 0 Å². The SMILES string of the molecule is CCCCCCC=C(Br)C(F)Br. The number of hydrogen-bond acceptors (Lipinski definition) is 0. The second-order valence-electron chi connectivity index (χ2n) is 2.74. The molecule has 0 fully saturated rings. The van der Waals surface area contributed by atoms with E-state index in [9.17, 15) is 4.39 Å². The Labute approximate surface area is 90.9 Å². The summed E-state index contributed by atoms with van der Waals surface area (Å²) in [6, 6.07) is 0. The zero-order valence-corrected chi connectivity index (χ0v) is 10.5. The van der Waals surface area contributed by atoms with E-state index in [2.05, 4.69) is 38.8 Å². The van der Waals surface area contributed by atoms with E-state index in [-0.39, 0.29) is 0 Å². The van der Waals surface area contributed by atoms with Gasteiger partial charge in [0.2, 0.25) is 0 Å². The van der Waals surface area contributed by atoms with Gasteiger partial charge in [0.25, 0.3) is 0 Å². The standard InChI is InChI=1S/C9H15Br2F/c1-2-3-4-5-6-7-8(10)9(11)12/h7,9H,2-6H2,1H3. The van der Waals surface area contributed by atoms with Gasteiger partial charge in [-0.25, -0.2) is 4.39 Å². The van der Waals surface area contributed by atoms with Crippen molar-refractivity contribution in [3.8, 4) is 0 Å². The van der Waals surface area contributed by atoms with Gasteiger partial charge in [-0.1, -0.05) is 48.2 Å². The van der Waals surface area contributed by atoms with E-state index >= 15 is 0 Å². The molecule has 1 unspecified atom stereocenters. The fourth-order valence-corrected chi connectivity index (χ4v) is 1.32. The molecule has 0 aliphatic heterocycles. The van der Waals surface area contributed by atoms with Gasteiger partial charge in [0, 0.05) is 4.48 Å². The number of halogens is 3. The minimum atomic E-state index is -1.04. The molecule has 0 saturated carbocycles. The molecule has 0 saturated heterocycles. The van der Waals surface area contributed by atoms with Gasteiger partial charge in [-0.3, -0.25) is 0 Å². The summed E-state index contributed by atoms with van der Waals surface area (Å²) < 4.78 is 13.1. The Balaban J connectivity index is 3.34. The fourth-order valence-electron chi connectivity index (χ4n) is 0.900. The minimum Gasteiger partial charge on any atom is -0.229 e. The van der Waals surface area contributed by atoms with Crippen LogP contribution in [0.5, 0.6) is 0 Å². The maximum Gasteiger partial charge on any atom is 0.186 e. The molecule has 0 radical (unpaired) electrons. The maximum absolute atomic E-state index is 12.5. The Morgan fingerprint density at radius 3 is 2.58 bits per heavy atom. The van der Waals surface area contributed by atoms with Crippen LogP contribution in [0.2, 0.25) is 0 Å². The van der Waals surface area contributed by atoms with Crippen LogP contribution in [0, 0.1) is 0 Å². The van der Waals surface area contributed by atoms with Crippen LogP contribution in [0.3, 0.4) is 0 Å². The smallest absolute Gasteiger partial charge is 0.186 e. The molecular weight excluding hydrogens is 287 g/mol. The topological polar surface area (TPSA) is 0 Å². The van der Waals surface area contributed by atoms with Gasteiger partial charge >= 0.3 is 0 Å². The van der Waals surface area contributed by atoms with Crippen LogP contribution in [-0.2, 0) is 0 Å². The van der Waals surface area contributed by atoms with Crippen molar-refractivity contribution in [2.75, 3.05) is 0 Å². The molecule has 0 heterocycles. The van der Waals surface area contributed by atoms with Crippen LogP contribution in [0.1, 0.15) is 39.0 Å². The largest absolute Gasteiger partial charge is 0.229 e. The molecule has 0 aromatic heterocycles. The highest BCUT2D eigenvalue weighted by atomic mass is 79.9. The summed E-state index contributed by atoms with van der Waals surface area (Å²) in [7, 11) is 0. The monoisotopic (exact) mass is 300 g/mol. The zero-order chi connectivity index (χ0) is 9.40. The second-order valence-corrected chi connectivity index (χ2v) is 4.46. The highest BCUT2D eigenvalue weighted by Crippen LogP contribution is 2.20. The molecule has 0 bridgehead atoms. The third kappa shape index (κ3) is 7.29. The first-order valence-corrected chi connectivity index (χ1v) is 6.03. The molecule has 0 aliphatic carbocycles. The quantitative estimate of drug-likeness (QED) is 0.482. The predicted octanol–water partition coefficient (Wildman–Crippen LogP) is 4.93. The Bertz CT molecular complexity index is 132. The number of unbranched alkanes of at least 4 members (excludes halogenated alkanes) is 4. The predicted molar refractivity (Wildman–Crippen MR) is 59.6 cm³/mol. The Hall–Kier alpha value is 0.630. The Morgan fingerprint density at radius 2 is 2.08 bits per heavy atom. The second kappa shape index (κ2) is 8.24. The molecule has 0 amide bonds. The zero-order valence-electron chi connectivity index (χ0n) is 7.32. The number of rotatable bonds is 6. The average molecular weight is 302 g/mol. The summed E-state index contributed by atoms with van der Waals surface area (Å²) in [5, 5.41) is -1.04. The van der Waals surface area contributed by atoms with E-state index in [1.165, 1.54) is 19.3 Å². The summed E-state index contributed by atoms with van der Waals surface area (Å²) in [4.78, 5) is 0. The summed E-state index contributed by atoms with van der Waals surface area (Å²) >= 11 is 5.99. The van der Waals surface area contributed by atoms with Crippen LogP contribution in [-0.4, -0.2) is 5.08 Å². The van der Waals surface area contributed by atoms with Gasteiger partial charge in [-0.2, -0.15) is 0 Å².